The molecule has 2 saturated carbocycles. The van der Waals surface area contributed by atoms with Crippen LogP contribution < -0.4 is 5.56 Å². The second-order valence-electron chi connectivity index (χ2n) is 11.7. The first-order valence-electron chi connectivity index (χ1n) is 14.1. The van der Waals surface area contributed by atoms with Crippen molar-refractivity contribution in [3.05, 3.63) is 40.3 Å². The number of nitrogens with zero attached hydrogens (tertiary/aromatic N) is 5. The molecule has 0 radical (unpaired) electrons. The maximum atomic E-state index is 13.9. The summed E-state index contributed by atoms with van der Waals surface area (Å²) in [5.74, 6) is 0.550. The topological polar surface area (TPSA) is 121 Å². The maximum absolute atomic E-state index is 13.9. The van der Waals surface area contributed by atoms with E-state index in [9.17, 15) is 14.9 Å². The van der Waals surface area contributed by atoms with Crippen LogP contribution in [0.4, 0.5) is 0 Å². The Bertz CT molecular complexity index is 1320. The number of piperidine rings is 2. The summed E-state index contributed by atoms with van der Waals surface area (Å²) in [6.07, 6.45) is 13.6. The third-order valence-electron chi connectivity index (χ3n) is 9.36. The summed E-state index contributed by atoms with van der Waals surface area (Å²) in [6.45, 7) is -0.697. The summed E-state index contributed by atoms with van der Waals surface area (Å²) in [6, 6.07) is 11.0. The molecule has 1 N–H and O–H groups in total. The molecule has 1 aromatic carbocycles. The molecule has 4 fully saturated rings. The van der Waals surface area contributed by atoms with Gasteiger partial charge < -0.3 is 14.5 Å². The smallest absolute Gasteiger partial charge is 0.344 e. The molecular weight excluding hydrogens is 482 g/mol. The van der Waals surface area contributed by atoms with Crippen molar-refractivity contribution in [1.82, 2.24) is 14.5 Å². The fourth-order valence-electron chi connectivity index (χ4n) is 8.08. The highest BCUT2D eigenvalue weighted by molar-refractivity contribution is 6.10. The van der Waals surface area contributed by atoms with Gasteiger partial charge in [0, 0.05) is 24.2 Å². The van der Waals surface area contributed by atoms with Gasteiger partial charge in [-0.2, -0.15) is 5.26 Å². The van der Waals surface area contributed by atoms with Gasteiger partial charge >= 0.3 is 5.97 Å². The second kappa shape index (κ2) is 10.5. The SMILES string of the molecule is N#C/C(=N\OCC(=O)O)c1nc2ccccc2n(C2CC3CCCC(C2)N3C2CC3CCCC(C3)C2)c1=O. The number of hydrogen-bond acceptors (Lipinski definition) is 7. The minimum absolute atomic E-state index is 0.00340. The van der Waals surface area contributed by atoms with Crippen LogP contribution in [0.5, 0.6) is 0 Å². The summed E-state index contributed by atoms with van der Waals surface area (Å²) >= 11 is 0. The highest BCUT2D eigenvalue weighted by Gasteiger charge is 2.45. The molecule has 4 unspecified atom stereocenters. The number of carboxylic acid groups (broad SMARTS) is 1. The summed E-state index contributed by atoms with van der Waals surface area (Å²) < 4.78 is 1.83. The quantitative estimate of drug-likeness (QED) is 0.449. The number of carboxylic acids is 1. The molecule has 0 amide bonds. The van der Waals surface area contributed by atoms with E-state index in [0.717, 1.165) is 43.0 Å². The Hall–Kier alpha value is -3.25. The van der Waals surface area contributed by atoms with Gasteiger partial charge in [-0.15, -0.1) is 0 Å². The number of para-hydroxylation sites is 2. The van der Waals surface area contributed by atoms with Gasteiger partial charge in [0.2, 0.25) is 12.3 Å². The van der Waals surface area contributed by atoms with Crippen molar-refractivity contribution in [3.63, 3.8) is 0 Å². The second-order valence-corrected chi connectivity index (χ2v) is 11.7. The van der Waals surface area contributed by atoms with Crippen molar-refractivity contribution in [2.24, 2.45) is 17.0 Å². The standard InChI is InChI=1S/C29H35N5O4/c30-16-25(32-38-17-27(35)36)28-29(37)34(26-10-2-1-9-24(26)31-28)23-14-20-7-4-8-21(15-23)33(20)22-12-18-5-3-6-19(11-18)13-22/h1-2,9-10,18-23H,3-8,11-15,17H2,(H,35,36)/b32-25+. The number of hydrogen-bond donors (Lipinski definition) is 1. The zero-order chi connectivity index (χ0) is 26.2. The first-order valence-corrected chi connectivity index (χ1v) is 14.1. The Labute approximate surface area is 222 Å². The molecular formula is C29H35N5O4. The van der Waals surface area contributed by atoms with Crippen LogP contribution in [0.3, 0.4) is 0 Å². The lowest BCUT2D eigenvalue weighted by atomic mass is 9.68. The average Bonchev–Trinajstić information content (AvgIpc) is 2.90. The highest BCUT2D eigenvalue weighted by atomic mass is 16.6. The number of aromatic nitrogens is 2. The third kappa shape index (κ3) is 4.71. The van der Waals surface area contributed by atoms with Crippen LogP contribution in [0.25, 0.3) is 11.0 Å². The molecule has 2 saturated heterocycles. The van der Waals surface area contributed by atoms with E-state index in [1.807, 2.05) is 34.9 Å². The van der Waals surface area contributed by atoms with Gasteiger partial charge in [-0.05, 0) is 68.9 Å². The Kier molecular flexibility index (Phi) is 6.91. The van der Waals surface area contributed by atoms with Crippen LogP contribution in [-0.4, -0.2) is 56.0 Å². The molecule has 9 heteroatoms. The zero-order valence-corrected chi connectivity index (χ0v) is 21.7. The van der Waals surface area contributed by atoms with E-state index in [0.29, 0.717) is 23.6 Å². The van der Waals surface area contributed by atoms with E-state index in [4.69, 9.17) is 9.94 Å². The van der Waals surface area contributed by atoms with Crippen LogP contribution in [0.15, 0.2) is 34.2 Å². The molecule has 38 heavy (non-hydrogen) atoms. The normalized spacial score (nSPS) is 31.5. The Balaban J connectivity index is 1.34. The van der Waals surface area contributed by atoms with Crippen molar-refractivity contribution >= 4 is 22.7 Å². The van der Waals surface area contributed by atoms with Gasteiger partial charge in [0.15, 0.2) is 5.69 Å². The molecule has 9 nitrogen and oxygen atoms in total. The van der Waals surface area contributed by atoms with Crippen LogP contribution in [0.1, 0.15) is 82.4 Å². The van der Waals surface area contributed by atoms with E-state index < -0.39 is 12.6 Å². The number of nitriles is 1. The molecule has 6 rings (SSSR count). The fraction of sp³-hybridized carbons (Fsp3) is 0.621. The Morgan fingerprint density at radius 2 is 1.68 bits per heavy atom. The minimum atomic E-state index is -1.21. The van der Waals surface area contributed by atoms with Gasteiger partial charge in [0.05, 0.1) is 11.0 Å². The van der Waals surface area contributed by atoms with Crippen molar-refractivity contribution in [2.75, 3.05) is 6.61 Å². The molecule has 2 aliphatic carbocycles. The Morgan fingerprint density at radius 1 is 1.00 bits per heavy atom. The number of aliphatic carboxylic acids is 1. The summed E-state index contributed by atoms with van der Waals surface area (Å²) in [5, 5.41) is 22.2. The van der Waals surface area contributed by atoms with Crippen molar-refractivity contribution in [2.45, 2.75) is 94.8 Å². The molecule has 1 aromatic heterocycles. The van der Waals surface area contributed by atoms with Gasteiger partial charge in [0.25, 0.3) is 5.56 Å². The van der Waals surface area contributed by atoms with Crippen LogP contribution in [-0.2, 0) is 9.63 Å². The van der Waals surface area contributed by atoms with Gasteiger partial charge in [-0.3, -0.25) is 9.69 Å². The lowest BCUT2D eigenvalue weighted by Gasteiger charge is -2.55. The average molecular weight is 518 g/mol. The van der Waals surface area contributed by atoms with Crippen molar-refractivity contribution in [3.8, 4) is 6.07 Å². The van der Waals surface area contributed by atoms with Crippen LogP contribution in [0, 0.1) is 23.2 Å². The summed E-state index contributed by atoms with van der Waals surface area (Å²) in [4.78, 5) is 36.9. The zero-order valence-electron chi connectivity index (χ0n) is 21.7. The van der Waals surface area contributed by atoms with Crippen molar-refractivity contribution in [1.29, 1.82) is 5.26 Å². The summed E-state index contributed by atoms with van der Waals surface area (Å²) in [7, 11) is 0. The lowest BCUT2D eigenvalue weighted by molar-refractivity contribution is -0.142. The first kappa shape index (κ1) is 25.1. The predicted molar refractivity (Wildman–Crippen MR) is 142 cm³/mol. The van der Waals surface area contributed by atoms with E-state index in [1.165, 1.54) is 44.9 Å². The van der Waals surface area contributed by atoms with Crippen molar-refractivity contribution < 1.29 is 14.7 Å². The first-order chi connectivity index (χ1) is 18.5. The predicted octanol–water partition coefficient (Wildman–Crippen LogP) is 4.25. The number of fused-ring (bicyclic) bond motifs is 5. The molecule has 2 aliphatic heterocycles. The monoisotopic (exact) mass is 517 g/mol. The number of benzene rings is 1. The van der Waals surface area contributed by atoms with E-state index in [-0.39, 0.29) is 23.0 Å². The molecule has 0 spiro atoms. The molecule has 4 atom stereocenters. The fourth-order valence-corrected chi connectivity index (χ4v) is 8.08. The largest absolute Gasteiger partial charge is 0.479 e. The van der Waals surface area contributed by atoms with Crippen LogP contribution in [0.2, 0.25) is 0 Å². The maximum Gasteiger partial charge on any atom is 0.344 e. The molecule has 2 aromatic rings. The third-order valence-corrected chi connectivity index (χ3v) is 9.36. The molecule has 3 heterocycles. The molecule has 200 valence electrons. The van der Waals surface area contributed by atoms with Gasteiger partial charge in [-0.25, -0.2) is 9.78 Å². The van der Waals surface area contributed by atoms with Gasteiger partial charge in [-0.1, -0.05) is 43.0 Å². The number of carbonyl (C=O) groups is 1. The van der Waals surface area contributed by atoms with E-state index in [1.54, 1.807) is 0 Å². The lowest BCUT2D eigenvalue weighted by Crippen LogP contribution is -2.58. The van der Waals surface area contributed by atoms with E-state index >= 15 is 0 Å². The number of rotatable bonds is 6. The van der Waals surface area contributed by atoms with Crippen LogP contribution >= 0.6 is 0 Å². The molecule has 4 aliphatic rings. The highest BCUT2D eigenvalue weighted by Crippen LogP contribution is 2.47. The van der Waals surface area contributed by atoms with Gasteiger partial charge in [0.1, 0.15) is 6.07 Å². The minimum Gasteiger partial charge on any atom is -0.479 e. The number of oxime groups is 1. The summed E-state index contributed by atoms with van der Waals surface area (Å²) in [5.41, 5.74) is 0.600. The Morgan fingerprint density at radius 3 is 2.37 bits per heavy atom. The van der Waals surface area contributed by atoms with E-state index in [2.05, 4.69) is 15.0 Å². The molecule has 4 bridgehead atoms.